The zero-order chi connectivity index (χ0) is 28.6. The van der Waals surface area contributed by atoms with E-state index in [1.807, 2.05) is 0 Å². The van der Waals surface area contributed by atoms with Crippen LogP contribution in [0, 0.1) is 0 Å². The molecular formula is C22H22Cl2F3N7O3S. The Balaban J connectivity index is 2.13. The smallest absolute Gasteiger partial charge is 0.375 e. The number of nitrogens with zero attached hydrogens (tertiary/aromatic N) is 3. The van der Waals surface area contributed by atoms with Crippen LogP contribution in [-0.4, -0.2) is 47.5 Å². The summed E-state index contributed by atoms with van der Waals surface area (Å²) in [7, 11) is 1.46. The minimum Gasteiger partial charge on any atom is -0.375 e. The molecule has 2 aromatic heterocycles. The quantitative estimate of drug-likeness (QED) is 0.187. The highest BCUT2D eigenvalue weighted by Crippen LogP contribution is 2.35. The van der Waals surface area contributed by atoms with Gasteiger partial charge in [0.1, 0.15) is 21.4 Å². The summed E-state index contributed by atoms with van der Waals surface area (Å²) in [5, 5.41) is 9.60. The molecule has 0 bridgehead atoms. The molecule has 0 saturated carbocycles. The van der Waals surface area contributed by atoms with Crippen LogP contribution in [0.15, 0.2) is 46.5 Å². The molecule has 16 heteroatoms. The highest BCUT2D eigenvalue weighted by Gasteiger charge is 2.34. The van der Waals surface area contributed by atoms with E-state index in [0.717, 1.165) is 17.5 Å². The summed E-state index contributed by atoms with van der Waals surface area (Å²) in [5.41, 5.74) is -1.23. The number of anilines is 1. The third-order valence-corrected chi connectivity index (χ3v) is 6.44. The molecule has 204 valence electrons. The summed E-state index contributed by atoms with van der Waals surface area (Å²) in [6, 6.07) is -0.0907. The number of alkyl halides is 3. The average Bonchev–Trinajstić information content (AvgIpc) is 3.36. The summed E-state index contributed by atoms with van der Waals surface area (Å²) in [5.74, 6) is -2.12. The van der Waals surface area contributed by atoms with Gasteiger partial charge in [0.05, 0.1) is 34.4 Å². The van der Waals surface area contributed by atoms with Gasteiger partial charge in [-0.1, -0.05) is 29.8 Å². The number of aliphatic imine (C=N–C) groups is 1. The fourth-order valence-electron chi connectivity index (χ4n) is 2.66. The fourth-order valence-corrected chi connectivity index (χ4v) is 3.89. The van der Waals surface area contributed by atoms with E-state index in [0.29, 0.717) is 11.1 Å². The molecule has 0 saturated heterocycles. The number of hydrogen-bond acceptors (Lipinski definition) is 8. The Morgan fingerprint density at radius 1 is 1.26 bits per heavy atom. The molecule has 4 N–H and O–H groups in total. The molecule has 0 aliphatic rings. The first-order chi connectivity index (χ1) is 17.8. The van der Waals surface area contributed by atoms with Crippen molar-refractivity contribution in [1.82, 2.24) is 25.9 Å². The molecule has 0 aliphatic carbocycles. The number of halogens is 5. The Morgan fingerprint density at radius 2 is 1.95 bits per heavy atom. The van der Waals surface area contributed by atoms with Crippen molar-refractivity contribution in [2.75, 3.05) is 18.9 Å². The maximum atomic E-state index is 13.1. The average molecular weight is 592 g/mol. The van der Waals surface area contributed by atoms with Crippen LogP contribution in [0.5, 0.6) is 0 Å². The lowest BCUT2D eigenvalue weighted by molar-refractivity contribution is -0.137. The highest BCUT2D eigenvalue weighted by molar-refractivity contribution is 7.13. The van der Waals surface area contributed by atoms with Crippen LogP contribution in [0.2, 0.25) is 5.02 Å². The van der Waals surface area contributed by atoms with E-state index in [1.165, 1.54) is 19.5 Å². The zero-order valence-corrected chi connectivity index (χ0v) is 22.5. The molecule has 0 radical (unpaired) electrons. The number of likely N-dealkylation sites (N-methyl/N-ethyl adjacent to an activating group) is 1. The highest BCUT2D eigenvalue weighted by atomic mass is 35.5. The number of aromatic nitrogens is 2. The molecule has 10 nitrogen and oxygen atoms in total. The topological polar surface area (TPSA) is 137 Å². The third kappa shape index (κ3) is 8.26. The van der Waals surface area contributed by atoms with Crippen molar-refractivity contribution in [3.8, 4) is 0 Å². The molecule has 1 unspecified atom stereocenters. The standard InChI is InChI=1S/C22H22Cl2F3N7O3S/c1-5-29-18(17(24)10(2)30-9-16(35)28-4)20(37)33-11(3)21-32-8-14(38-21)19(36)34-15-6-12(22(25,26)27)13(23)7-31-15/h5-8,11,30H,2,9H2,1,3-4H3,(H,28,35)(H,33,37)(H,31,34,36)/b18-17+,29-5-. The van der Waals surface area contributed by atoms with Crippen molar-refractivity contribution in [2.24, 2.45) is 4.99 Å². The van der Waals surface area contributed by atoms with Crippen LogP contribution >= 0.6 is 34.5 Å². The van der Waals surface area contributed by atoms with E-state index in [9.17, 15) is 27.6 Å². The molecular weight excluding hydrogens is 570 g/mol. The van der Waals surface area contributed by atoms with Crippen LogP contribution in [0.1, 0.15) is 40.1 Å². The third-order valence-electron chi connectivity index (χ3n) is 4.56. The summed E-state index contributed by atoms with van der Waals surface area (Å²) in [6.45, 7) is 6.74. The second kappa shape index (κ2) is 13.3. The van der Waals surface area contributed by atoms with Crippen LogP contribution in [0.4, 0.5) is 19.0 Å². The minimum absolute atomic E-state index is 0.0542. The monoisotopic (exact) mass is 591 g/mol. The lowest BCUT2D eigenvalue weighted by Gasteiger charge is -2.14. The molecule has 2 heterocycles. The second-order valence-corrected chi connectivity index (χ2v) is 9.16. The summed E-state index contributed by atoms with van der Waals surface area (Å²) in [4.78, 5) is 48.6. The molecule has 0 aliphatic heterocycles. The van der Waals surface area contributed by atoms with Crippen LogP contribution in [0.25, 0.3) is 0 Å². The normalized spacial score (nSPS) is 12.9. The van der Waals surface area contributed by atoms with Gasteiger partial charge in [0, 0.05) is 25.2 Å². The molecule has 0 spiro atoms. The van der Waals surface area contributed by atoms with Crippen molar-refractivity contribution < 1.29 is 27.6 Å². The largest absolute Gasteiger partial charge is 0.418 e. The van der Waals surface area contributed by atoms with Gasteiger partial charge < -0.3 is 21.3 Å². The molecule has 2 rings (SSSR count). The molecule has 2 aromatic rings. The summed E-state index contributed by atoms with van der Waals surface area (Å²) in [6.07, 6.45) is -1.39. The number of carbonyl (C=O) groups is 3. The maximum absolute atomic E-state index is 13.1. The van der Waals surface area contributed by atoms with E-state index in [4.69, 9.17) is 23.2 Å². The number of carbonyl (C=O) groups excluding carboxylic acids is 3. The molecule has 0 fully saturated rings. The number of pyridine rings is 1. The lowest BCUT2D eigenvalue weighted by Crippen LogP contribution is -2.32. The Morgan fingerprint density at radius 3 is 2.55 bits per heavy atom. The summed E-state index contributed by atoms with van der Waals surface area (Å²) >= 11 is 12.7. The van der Waals surface area contributed by atoms with E-state index in [-0.39, 0.29) is 39.6 Å². The van der Waals surface area contributed by atoms with Gasteiger partial charge in [0.25, 0.3) is 11.8 Å². The van der Waals surface area contributed by atoms with Crippen molar-refractivity contribution in [3.05, 3.63) is 61.9 Å². The predicted molar refractivity (Wildman–Crippen MR) is 139 cm³/mol. The molecule has 3 amide bonds. The van der Waals surface area contributed by atoms with E-state index >= 15 is 0 Å². The molecule has 38 heavy (non-hydrogen) atoms. The van der Waals surface area contributed by atoms with Gasteiger partial charge in [-0.15, -0.1) is 11.3 Å². The summed E-state index contributed by atoms with van der Waals surface area (Å²) < 4.78 is 39.2. The van der Waals surface area contributed by atoms with Gasteiger partial charge in [-0.2, -0.15) is 13.2 Å². The van der Waals surface area contributed by atoms with Gasteiger partial charge in [-0.05, 0) is 19.9 Å². The first kappa shape index (κ1) is 30.7. The number of thiazole rings is 1. The SMILES string of the molecule is C=C(NCC(=O)NC)/C(Cl)=C(\N=C/C)C(=O)NC(C)c1ncc(C(=O)Nc2cc(C(F)(F)F)c(Cl)cn2)s1. The molecule has 1 atom stereocenters. The van der Waals surface area contributed by atoms with E-state index < -0.39 is 34.6 Å². The first-order valence-corrected chi connectivity index (χ1v) is 12.2. The minimum atomic E-state index is -4.73. The van der Waals surface area contributed by atoms with Crippen LogP contribution in [-0.2, 0) is 15.8 Å². The van der Waals surface area contributed by atoms with Gasteiger partial charge in [0.2, 0.25) is 5.91 Å². The number of rotatable bonds is 10. The van der Waals surface area contributed by atoms with Crippen molar-refractivity contribution in [1.29, 1.82) is 0 Å². The maximum Gasteiger partial charge on any atom is 0.418 e. The number of nitrogens with one attached hydrogen (secondary N) is 4. The van der Waals surface area contributed by atoms with Crippen molar-refractivity contribution in [2.45, 2.75) is 26.1 Å². The van der Waals surface area contributed by atoms with Crippen LogP contribution in [0.3, 0.4) is 0 Å². The number of hydrogen-bond donors (Lipinski definition) is 4. The Labute approximate surface area is 229 Å². The van der Waals surface area contributed by atoms with Gasteiger partial charge in [-0.25, -0.2) is 9.97 Å². The van der Waals surface area contributed by atoms with Crippen LogP contribution < -0.4 is 21.3 Å². The van der Waals surface area contributed by atoms with Gasteiger partial charge >= 0.3 is 6.18 Å². The fraction of sp³-hybridized carbons (Fsp3) is 0.273. The number of amides is 3. The Hall–Kier alpha value is -3.49. The Bertz CT molecular complexity index is 1300. The molecule has 0 aromatic carbocycles. The second-order valence-electron chi connectivity index (χ2n) is 7.31. The first-order valence-electron chi connectivity index (χ1n) is 10.6. The van der Waals surface area contributed by atoms with Crippen molar-refractivity contribution in [3.63, 3.8) is 0 Å². The van der Waals surface area contributed by atoms with Gasteiger partial charge in [-0.3, -0.25) is 19.4 Å². The van der Waals surface area contributed by atoms with E-state index in [2.05, 4.69) is 42.8 Å². The van der Waals surface area contributed by atoms with Crippen molar-refractivity contribution >= 4 is 64.3 Å². The predicted octanol–water partition coefficient (Wildman–Crippen LogP) is 4.03. The Kier molecular flexibility index (Phi) is 10.8. The van der Waals surface area contributed by atoms with Gasteiger partial charge in [0.15, 0.2) is 0 Å². The van der Waals surface area contributed by atoms with E-state index in [1.54, 1.807) is 13.8 Å². The zero-order valence-electron chi connectivity index (χ0n) is 20.2. The number of allylic oxidation sites excluding steroid dienone is 1. The lowest BCUT2D eigenvalue weighted by atomic mass is 10.2.